The van der Waals surface area contributed by atoms with E-state index in [0.29, 0.717) is 11.5 Å². The van der Waals surface area contributed by atoms with Crippen molar-refractivity contribution < 1.29 is 9.90 Å². The van der Waals surface area contributed by atoms with Gasteiger partial charge in [-0.2, -0.15) is 0 Å². The maximum atomic E-state index is 12.0. The number of fused-ring (bicyclic) bond motifs is 1. The first kappa shape index (κ1) is 12.3. The first-order valence-electron chi connectivity index (χ1n) is 5.63. The van der Waals surface area contributed by atoms with Crippen LogP contribution in [0.25, 0.3) is 5.65 Å². The van der Waals surface area contributed by atoms with E-state index in [0.717, 1.165) is 22.4 Å². The molecule has 7 heteroatoms. The highest BCUT2D eigenvalue weighted by Gasteiger charge is 2.16. The fourth-order valence-corrected chi connectivity index (χ4v) is 1.98. The van der Waals surface area contributed by atoms with Crippen molar-refractivity contribution in [2.24, 2.45) is 0 Å². The molecule has 0 atom stereocenters. The van der Waals surface area contributed by atoms with E-state index in [-0.39, 0.29) is 0 Å². The van der Waals surface area contributed by atoms with Gasteiger partial charge >= 0.3 is 11.7 Å². The van der Waals surface area contributed by atoms with E-state index in [4.69, 9.17) is 5.11 Å². The number of rotatable bonds is 3. The number of carboxylic acid groups (broad SMARTS) is 1. The molecule has 0 aliphatic rings. The van der Waals surface area contributed by atoms with Crippen LogP contribution in [0.5, 0.6) is 0 Å². The Labute approximate surface area is 103 Å². The minimum atomic E-state index is -1.10. The summed E-state index contributed by atoms with van der Waals surface area (Å²) in [5, 5.41) is 12.8. The highest BCUT2D eigenvalue weighted by Crippen LogP contribution is 2.12. The zero-order chi connectivity index (χ0) is 13.4. The summed E-state index contributed by atoms with van der Waals surface area (Å²) in [4.78, 5) is 27.0. The zero-order valence-corrected chi connectivity index (χ0v) is 10.5. The van der Waals surface area contributed by atoms with Crippen molar-refractivity contribution in [3.05, 3.63) is 27.6 Å². The van der Waals surface area contributed by atoms with Crippen LogP contribution in [0.15, 0.2) is 4.79 Å². The number of hydrogen-bond donors (Lipinski definition) is 1. The van der Waals surface area contributed by atoms with E-state index in [1.807, 2.05) is 13.8 Å². The molecule has 1 N–H and O–H groups in total. The van der Waals surface area contributed by atoms with Gasteiger partial charge in [0.15, 0.2) is 5.65 Å². The van der Waals surface area contributed by atoms with Gasteiger partial charge in [-0.25, -0.2) is 18.9 Å². The normalized spacial score (nSPS) is 11.1. The Morgan fingerprint density at radius 3 is 2.61 bits per heavy atom. The molecule has 2 heterocycles. The molecule has 2 aromatic rings. The van der Waals surface area contributed by atoms with Crippen molar-refractivity contribution in [1.82, 2.24) is 19.2 Å². The summed E-state index contributed by atoms with van der Waals surface area (Å²) in [5.41, 5.74) is 1.69. The SMILES string of the molecule is CCc1nc(C)n2c(=O)n(CC(=O)O)nc2c1C. The molecule has 0 aromatic carbocycles. The van der Waals surface area contributed by atoms with Gasteiger partial charge < -0.3 is 5.11 Å². The predicted molar refractivity (Wildman–Crippen MR) is 63.7 cm³/mol. The average molecular weight is 250 g/mol. The van der Waals surface area contributed by atoms with Crippen LogP contribution in [0.1, 0.15) is 24.0 Å². The standard InChI is InChI=1S/C11H14N4O3/c1-4-8-6(2)10-13-14(5-9(16)17)11(18)15(10)7(3)12-8/h4-5H2,1-3H3,(H,16,17). The number of hydrogen-bond acceptors (Lipinski definition) is 4. The maximum Gasteiger partial charge on any atom is 0.352 e. The minimum Gasteiger partial charge on any atom is -0.480 e. The summed E-state index contributed by atoms with van der Waals surface area (Å²) < 4.78 is 2.29. The summed E-state index contributed by atoms with van der Waals surface area (Å²) >= 11 is 0. The monoisotopic (exact) mass is 250 g/mol. The van der Waals surface area contributed by atoms with Crippen LogP contribution < -0.4 is 5.69 Å². The summed E-state index contributed by atoms with van der Waals surface area (Å²) in [7, 11) is 0. The fourth-order valence-electron chi connectivity index (χ4n) is 1.98. The molecule has 0 aliphatic carbocycles. The van der Waals surface area contributed by atoms with Crippen molar-refractivity contribution in [3.8, 4) is 0 Å². The number of aliphatic carboxylic acids is 1. The fraction of sp³-hybridized carbons (Fsp3) is 0.455. The quantitative estimate of drug-likeness (QED) is 0.837. The van der Waals surface area contributed by atoms with Gasteiger partial charge in [0.25, 0.3) is 0 Å². The van der Waals surface area contributed by atoms with E-state index >= 15 is 0 Å². The number of carbonyl (C=O) groups is 1. The van der Waals surface area contributed by atoms with Crippen LogP contribution in [-0.4, -0.2) is 30.2 Å². The summed E-state index contributed by atoms with van der Waals surface area (Å²) in [6, 6.07) is 0. The Hall–Kier alpha value is -2.18. The molecule has 0 saturated carbocycles. The van der Waals surface area contributed by atoms with E-state index in [1.165, 1.54) is 4.40 Å². The molecule has 18 heavy (non-hydrogen) atoms. The molecule has 0 spiro atoms. The number of aryl methyl sites for hydroxylation is 3. The first-order valence-corrected chi connectivity index (χ1v) is 5.63. The second kappa shape index (κ2) is 4.25. The van der Waals surface area contributed by atoms with Gasteiger partial charge in [-0.05, 0) is 20.3 Å². The van der Waals surface area contributed by atoms with Gasteiger partial charge in [0.2, 0.25) is 0 Å². The third-order valence-corrected chi connectivity index (χ3v) is 2.85. The van der Waals surface area contributed by atoms with Gasteiger partial charge in [0.1, 0.15) is 12.4 Å². The zero-order valence-electron chi connectivity index (χ0n) is 10.5. The molecular weight excluding hydrogens is 236 g/mol. The molecule has 0 saturated heterocycles. The Bertz CT molecular complexity index is 684. The molecule has 7 nitrogen and oxygen atoms in total. The molecule has 0 amide bonds. The smallest absolute Gasteiger partial charge is 0.352 e. The minimum absolute atomic E-state index is 0.444. The van der Waals surface area contributed by atoms with Gasteiger partial charge in [0, 0.05) is 11.3 Å². The second-order valence-corrected chi connectivity index (χ2v) is 4.08. The Morgan fingerprint density at radius 1 is 1.39 bits per heavy atom. The lowest BCUT2D eigenvalue weighted by Crippen LogP contribution is -2.26. The lowest BCUT2D eigenvalue weighted by Gasteiger charge is -2.05. The average Bonchev–Trinajstić information content (AvgIpc) is 2.61. The second-order valence-electron chi connectivity index (χ2n) is 4.08. The van der Waals surface area contributed by atoms with Crippen molar-refractivity contribution in [1.29, 1.82) is 0 Å². The van der Waals surface area contributed by atoms with E-state index in [1.54, 1.807) is 6.92 Å². The van der Waals surface area contributed by atoms with Gasteiger partial charge in [-0.15, -0.1) is 5.10 Å². The summed E-state index contributed by atoms with van der Waals surface area (Å²) in [6.07, 6.45) is 0.739. The molecular formula is C11H14N4O3. The lowest BCUT2D eigenvalue weighted by molar-refractivity contribution is -0.137. The third-order valence-electron chi connectivity index (χ3n) is 2.85. The first-order chi connectivity index (χ1) is 8.45. The maximum absolute atomic E-state index is 12.0. The Morgan fingerprint density at radius 2 is 2.06 bits per heavy atom. The molecule has 0 aliphatic heterocycles. The van der Waals surface area contributed by atoms with Crippen LogP contribution in [0.3, 0.4) is 0 Å². The number of nitrogens with zero attached hydrogens (tertiary/aromatic N) is 4. The highest BCUT2D eigenvalue weighted by atomic mass is 16.4. The molecule has 0 radical (unpaired) electrons. The van der Waals surface area contributed by atoms with Crippen LogP contribution in [0.2, 0.25) is 0 Å². The third kappa shape index (κ3) is 1.77. The summed E-state index contributed by atoms with van der Waals surface area (Å²) in [6.45, 7) is 5.07. The predicted octanol–water partition coefficient (Wildman–Crippen LogP) is 0.155. The van der Waals surface area contributed by atoms with E-state index < -0.39 is 18.2 Å². The topological polar surface area (TPSA) is 89.5 Å². The van der Waals surface area contributed by atoms with Crippen LogP contribution in [0.4, 0.5) is 0 Å². The van der Waals surface area contributed by atoms with Crippen LogP contribution in [-0.2, 0) is 17.8 Å². The lowest BCUT2D eigenvalue weighted by atomic mass is 10.2. The van der Waals surface area contributed by atoms with Crippen molar-refractivity contribution >= 4 is 11.6 Å². The van der Waals surface area contributed by atoms with E-state index in [9.17, 15) is 9.59 Å². The highest BCUT2D eigenvalue weighted by molar-refractivity contribution is 5.66. The van der Waals surface area contributed by atoms with Crippen molar-refractivity contribution in [2.45, 2.75) is 33.7 Å². The van der Waals surface area contributed by atoms with Gasteiger partial charge in [-0.1, -0.05) is 6.92 Å². The molecule has 0 unspecified atom stereocenters. The number of aromatic nitrogens is 4. The number of carboxylic acids is 1. The molecule has 2 rings (SSSR count). The Kier molecular flexibility index (Phi) is 2.90. The molecule has 0 fully saturated rings. The summed E-state index contributed by atoms with van der Waals surface area (Å²) in [5.74, 6) is -0.575. The molecule has 96 valence electrons. The van der Waals surface area contributed by atoms with Gasteiger partial charge in [-0.3, -0.25) is 4.79 Å². The van der Waals surface area contributed by atoms with Crippen LogP contribution >= 0.6 is 0 Å². The van der Waals surface area contributed by atoms with Crippen LogP contribution in [0, 0.1) is 13.8 Å². The van der Waals surface area contributed by atoms with E-state index in [2.05, 4.69) is 10.1 Å². The van der Waals surface area contributed by atoms with Crippen molar-refractivity contribution in [3.63, 3.8) is 0 Å². The molecule has 2 aromatic heterocycles. The molecule has 0 bridgehead atoms. The largest absolute Gasteiger partial charge is 0.480 e. The van der Waals surface area contributed by atoms with Crippen molar-refractivity contribution in [2.75, 3.05) is 0 Å². The Balaban J connectivity index is 2.79. The van der Waals surface area contributed by atoms with Gasteiger partial charge in [0.05, 0.1) is 0 Å².